The van der Waals surface area contributed by atoms with Crippen LogP contribution in [0.3, 0.4) is 0 Å². The first-order chi connectivity index (χ1) is 10.8. The third-order valence-corrected chi connectivity index (χ3v) is 6.29. The maximum atomic E-state index is 12.2. The van der Waals surface area contributed by atoms with Gasteiger partial charge in [0, 0.05) is 30.6 Å². The molecule has 0 saturated heterocycles. The van der Waals surface area contributed by atoms with Crippen LogP contribution in [0.15, 0.2) is 40.6 Å². The molecule has 23 heavy (non-hydrogen) atoms. The van der Waals surface area contributed by atoms with E-state index in [0.29, 0.717) is 4.21 Å². The van der Waals surface area contributed by atoms with Crippen molar-refractivity contribution < 1.29 is 13.2 Å². The van der Waals surface area contributed by atoms with E-state index in [1.54, 1.807) is 17.0 Å². The van der Waals surface area contributed by atoms with Crippen LogP contribution >= 0.6 is 11.3 Å². The van der Waals surface area contributed by atoms with Gasteiger partial charge in [-0.25, -0.2) is 13.1 Å². The topological polar surface area (TPSA) is 66.5 Å². The van der Waals surface area contributed by atoms with E-state index in [4.69, 9.17) is 0 Å². The Morgan fingerprint density at radius 2 is 1.78 bits per heavy atom. The van der Waals surface area contributed by atoms with Crippen LogP contribution in [0, 0.1) is 13.8 Å². The van der Waals surface area contributed by atoms with Gasteiger partial charge in [-0.3, -0.25) is 4.79 Å². The minimum atomic E-state index is -3.52. The van der Waals surface area contributed by atoms with Crippen LogP contribution < -0.4 is 9.62 Å². The second kappa shape index (κ2) is 7.25. The van der Waals surface area contributed by atoms with Gasteiger partial charge in [-0.1, -0.05) is 17.7 Å². The van der Waals surface area contributed by atoms with E-state index in [0.717, 1.165) is 16.1 Å². The number of aryl methyl sites for hydroxylation is 2. The number of carbonyl (C=O) groups is 1. The third kappa shape index (κ3) is 4.63. The van der Waals surface area contributed by atoms with Gasteiger partial charge in [-0.15, -0.1) is 11.3 Å². The highest BCUT2D eigenvalue weighted by molar-refractivity contribution is 7.91. The van der Waals surface area contributed by atoms with Crippen molar-refractivity contribution in [2.24, 2.45) is 0 Å². The van der Waals surface area contributed by atoms with E-state index < -0.39 is 10.0 Å². The molecule has 0 atom stereocenters. The number of thiophene rings is 1. The molecule has 5 nitrogen and oxygen atoms in total. The number of benzene rings is 1. The van der Waals surface area contributed by atoms with E-state index in [9.17, 15) is 13.2 Å². The Kier molecular flexibility index (Phi) is 5.56. The normalized spacial score (nSPS) is 11.4. The Balaban J connectivity index is 2.02. The van der Waals surface area contributed by atoms with Crippen LogP contribution in [-0.4, -0.2) is 27.4 Å². The molecule has 1 N–H and O–H groups in total. The zero-order valence-corrected chi connectivity index (χ0v) is 15.0. The highest BCUT2D eigenvalue weighted by Crippen LogP contribution is 2.20. The van der Waals surface area contributed by atoms with Gasteiger partial charge in [-0.05, 0) is 38.1 Å². The molecular weight excluding hydrogens is 332 g/mol. The molecule has 7 heteroatoms. The highest BCUT2D eigenvalue weighted by atomic mass is 32.2. The van der Waals surface area contributed by atoms with Gasteiger partial charge in [0.25, 0.3) is 0 Å². The number of hydrogen-bond acceptors (Lipinski definition) is 4. The SMILES string of the molecule is CC(=O)N(CCNS(=O)(=O)c1ccc(C)s1)c1ccc(C)cc1. The number of carbonyl (C=O) groups excluding carboxylic acids is 1. The Morgan fingerprint density at radius 3 is 2.30 bits per heavy atom. The molecule has 2 aromatic rings. The number of anilines is 1. The van der Waals surface area contributed by atoms with Crippen molar-refractivity contribution >= 4 is 33.0 Å². The van der Waals surface area contributed by atoms with Crippen molar-refractivity contribution in [2.75, 3.05) is 18.0 Å². The predicted molar refractivity (Wildman–Crippen MR) is 93.5 cm³/mol. The van der Waals surface area contributed by atoms with Gasteiger partial charge in [0.05, 0.1) is 0 Å². The van der Waals surface area contributed by atoms with Crippen molar-refractivity contribution in [3.63, 3.8) is 0 Å². The molecule has 0 saturated carbocycles. The fourth-order valence-corrected chi connectivity index (χ4v) is 4.46. The molecule has 0 unspecified atom stereocenters. The van der Waals surface area contributed by atoms with Crippen LogP contribution in [0.5, 0.6) is 0 Å². The van der Waals surface area contributed by atoms with E-state index in [1.807, 2.05) is 38.1 Å². The summed E-state index contributed by atoms with van der Waals surface area (Å²) in [6.45, 7) is 5.74. The molecule has 0 spiro atoms. The molecule has 2 rings (SSSR count). The first-order valence-corrected chi connectivity index (χ1v) is 9.50. The van der Waals surface area contributed by atoms with Gasteiger partial charge in [0.1, 0.15) is 4.21 Å². The lowest BCUT2D eigenvalue weighted by molar-refractivity contribution is -0.116. The Bertz CT molecular complexity index is 780. The van der Waals surface area contributed by atoms with Crippen LogP contribution in [-0.2, 0) is 14.8 Å². The molecule has 0 fully saturated rings. The van der Waals surface area contributed by atoms with Crippen molar-refractivity contribution in [3.8, 4) is 0 Å². The highest BCUT2D eigenvalue weighted by Gasteiger charge is 2.17. The van der Waals surface area contributed by atoms with E-state index in [2.05, 4.69) is 4.72 Å². The molecule has 1 aromatic carbocycles. The molecule has 1 heterocycles. The summed E-state index contributed by atoms with van der Waals surface area (Å²) in [7, 11) is -3.52. The maximum Gasteiger partial charge on any atom is 0.250 e. The van der Waals surface area contributed by atoms with Crippen LogP contribution in [0.2, 0.25) is 0 Å². The quantitative estimate of drug-likeness (QED) is 0.869. The van der Waals surface area contributed by atoms with Gasteiger partial charge >= 0.3 is 0 Å². The third-order valence-electron chi connectivity index (χ3n) is 3.33. The molecule has 0 bridgehead atoms. The standard InChI is InChI=1S/C16H20N2O3S2/c1-12-4-7-15(8-5-12)18(14(3)19)11-10-17-23(20,21)16-9-6-13(2)22-16/h4-9,17H,10-11H2,1-3H3. The lowest BCUT2D eigenvalue weighted by Gasteiger charge is -2.21. The number of rotatable bonds is 6. The largest absolute Gasteiger partial charge is 0.311 e. The Hall–Kier alpha value is -1.70. The number of nitrogens with one attached hydrogen (secondary N) is 1. The average Bonchev–Trinajstić information content (AvgIpc) is 2.92. The van der Waals surface area contributed by atoms with Crippen LogP contribution in [0.25, 0.3) is 0 Å². The molecule has 0 aliphatic rings. The summed E-state index contributed by atoms with van der Waals surface area (Å²) < 4.78 is 27.2. The summed E-state index contributed by atoms with van der Waals surface area (Å²) in [4.78, 5) is 14.3. The number of sulfonamides is 1. The monoisotopic (exact) mass is 352 g/mol. The van der Waals surface area contributed by atoms with Gasteiger partial charge in [0.15, 0.2) is 0 Å². The summed E-state index contributed by atoms with van der Waals surface area (Å²) in [5.41, 5.74) is 1.86. The number of amides is 1. The second-order valence-electron chi connectivity index (χ2n) is 5.27. The molecule has 0 aliphatic carbocycles. The number of hydrogen-bond donors (Lipinski definition) is 1. The maximum absolute atomic E-state index is 12.2. The summed E-state index contributed by atoms with van der Waals surface area (Å²) in [5, 5.41) is 0. The summed E-state index contributed by atoms with van der Waals surface area (Å²) in [6, 6.07) is 10.9. The molecule has 0 radical (unpaired) electrons. The summed E-state index contributed by atoms with van der Waals surface area (Å²) >= 11 is 1.23. The first kappa shape index (κ1) is 17.7. The predicted octanol–water partition coefficient (Wildman–Crippen LogP) is 2.70. The smallest absolute Gasteiger partial charge is 0.250 e. The second-order valence-corrected chi connectivity index (χ2v) is 8.55. The zero-order chi connectivity index (χ0) is 17.0. The molecule has 1 amide bonds. The van der Waals surface area contributed by atoms with Crippen molar-refractivity contribution in [1.29, 1.82) is 0 Å². The van der Waals surface area contributed by atoms with Gasteiger partial charge in [0.2, 0.25) is 15.9 Å². The van der Waals surface area contributed by atoms with Crippen molar-refractivity contribution in [1.82, 2.24) is 4.72 Å². The van der Waals surface area contributed by atoms with Crippen molar-refractivity contribution in [2.45, 2.75) is 25.0 Å². The van der Waals surface area contributed by atoms with E-state index >= 15 is 0 Å². The molecule has 0 aliphatic heterocycles. The average molecular weight is 352 g/mol. The fraction of sp³-hybridized carbons (Fsp3) is 0.312. The molecule has 1 aromatic heterocycles. The minimum absolute atomic E-state index is 0.125. The van der Waals surface area contributed by atoms with Crippen LogP contribution in [0.1, 0.15) is 17.4 Å². The van der Waals surface area contributed by atoms with Gasteiger partial charge in [-0.2, -0.15) is 0 Å². The molecular formula is C16H20N2O3S2. The Labute approximate surface area is 141 Å². The summed E-state index contributed by atoms with van der Waals surface area (Å²) in [5.74, 6) is -0.125. The van der Waals surface area contributed by atoms with E-state index in [1.165, 1.54) is 18.3 Å². The Morgan fingerprint density at radius 1 is 1.13 bits per heavy atom. The minimum Gasteiger partial charge on any atom is -0.311 e. The lowest BCUT2D eigenvalue weighted by atomic mass is 10.2. The molecule has 124 valence electrons. The summed E-state index contributed by atoms with van der Waals surface area (Å²) in [6.07, 6.45) is 0. The van der Waals surface area contributed by atoms with Crippen molar-refractivity contribution in [3.05, 3.63) is 46.8 Å². The van der Waals surface area contributed by atoms with Crippen LogP contribution in [0.4, 0.5) is 5.69 Å². The zero-order valence-electron chi connectivity index (χ0n) is 13.4. The van der Waals surface area contributed by atoms with E-state index in [-0.39, 0.29) is 19.0 Å². The fourth-order valence-electron chi connectivity index (χ4n) is 2.11. The number of nitrogens with zero attached hydrogens (tertiary/aromatic N) is 1. The van der Waals surface area contributed by atoms with Gasteiger partial charge < -0.3 is 4.90 Å². The lowest BCUT2D eigenvalue weighted by Crippen LogP contribution is -2.37. The first-order valence-electron chi connectivity index (χ1n) is 7.20.